The zero-order chi connectivity index (χ0) is 13.3. The number of nitrogens with two attached hydrogens (primary N) is 1. The van der Waals surface area contributed by atoms with E-state index in [2.05, 4.69) is 4.98 Å². The molecule has 1 heterocycles. The van der Waals surface area contributed by atoms with Crippen molar-refractivity contribution in [3.63, 3.8) is 0 Å². The zero-order valence-corrected chi connectivity index (χ0v) is 10.7. The van der Waals surface area contributed by atoms with Crippen LogP contribution in [0.5, 0.6) is 5.75 Å². The lowest BCUT2D eigenvalue weighted by atomic mass is 10.00. The predicted octanol–water partition coefficient (Wildman–Crippen LogP) is 2.25. The number of nitrogens with one attached hydrogen (secondary N) is 1. The Labute approximate surface area is 105 Å². The largest absolute Gasteiger partial charge is 0.496 e. The maximum absolute atomic E-state index is 11.5. The van der Waals surface area contributed by atoms with Crippen LogP contribution in [0.3, 0.4) is 0 Å². The molecule has 0 atom stereocenters. The van der Waals surface area contributed by atoms with Gasteiger partial charge in [0.05, 0.1) is 7.11 Å². The number of ether oxygens (including phenoxy) is 1. The van der Waals surface area contributed by atoms with Crippen LogP contribution in [0.15, 0.2) is 29.1 Å². The van der Waals surface area contributed by atoms with Gasteiger partial charge in [-0.2, -0.15) is 0 Å². The van der Waals surface area contributed by atoms with Crippen molar-refractivity contribution in [3.8, 4) is 16.9 Å². The normalized spacial score (nSPS) is 10.4. The highest BCUT2D eigenvalue weighted by atomic mass is 16.5. The molecule has 0 unspecified atom stereocenters. The molecule has 1 aromatic heterocycles. The van der Waals surface area contributed by atoms with Crippen molar-refractivity contribution >= 4 is 5.82 Å². The van der Waals surface area contributed by atoms with Crippen LogP contribution in [0.1, 0.15) is 11.1 Å². The second-order valence-corrected chi connectivity index (χ2v) is 4.33. The molecule has 0 saturated heterocycles. The number of aryl methyl sites for hydroxylation is 2. The van der Waals surface area contributed by atoms with Gasteiger partial charge in [-0.3, -0.25) is 4.79 Å². The molecule has 0 amide bonds. The highest BCUT2D eigenvalue weighted by Gasteiger charge is 2.09. The van der Waals surface area contributed by atoms with E-state index in [1.54, 1.807) is 13.2 Å². The van der Waals surface area contributed by atoms with Crippen molar-refractivity contribution in [3.05, 3.63) is 45.7 Å². The van der Waals surface area contributed by atoms with E-state index in [1.807, 2.05) is 26.0 Å². The minimum Gasteiger partial charge on any atom is -0.496 e. The van der Waals surface area contributed by atoms with Crippen molar-refractivity contribution in [2.24, 2.45) is 0 Å². The molecule has 1 aromatic carbocycles. The van der Waals surface area contributed by atoms with Crippen molar-refractivity contribution in [1.29, 1.82) is 0 Å². The molecule has 2 rings (SSSR count). The molecule has 2 aromatic rings. The van der Waals surface area contributed by atoms with Gasteiger partial charge in [-0.05, 0) is 48.7 Å². The second-order valence-electron chi connectivity index (χ2n) is 4.33. The van der Waals surface area contributed by atoms with Crippen molar-refractivity contribution in [1.82, 2.24) is 4.98 Å². The summed E-state index contributed by atoms with van der Waals surface area (Å²) in [4.78, 5) is 14.0. The summed E-state index contributed by atoms with van der Waals surface area (Å²) in [6.07, 6.45) is 0. The van der Waals surface area contributed by atoms with E-state index in [0.29, 0.717) is 5.82 Å². The van der Waals surface area contributed by atoms with E-state index in [0.717, 1.165) is 28.0 Å². The van der Waals surface area contributed by atoms with Gasteiger partial charge < -0.3 is 15.5 Å². The van der Waals surface area contributed by atoms with Crippen LogP contribution in [0.25, 0.3) is 11.1 Å². The number of benzene rings is 1. The van der Waals surface area contributed by atoms with E-state index < -0.39 is 0 Å². The summed E-state index contributed by atoms with van der Waals surface area (Å²) in [5, 5.41) is 0. The van der Waals surface area contributed by atoms with Gasteiger partial charge in [0.15, 0.2) is 0 Å². The first kappa shape index (κ1) is 12.2. The molecular weight excluding hydrogens is 228 g/mol. The van der Waals surface area contributed by atoms with Crippen molar-refractivity contribution < 1.29 is 4.74 Å². The highest BCUT2D eigenvalue weighted by molar-refractivity contribution is 5.73. The Hall–Kier alpha value is -2.23. The fourth-order valence-electron chi connectivity index (χ4n) is 1.90. The molecule has 0 spiro atoms. The monoisotopic (exact) mass is 244 g/mol. The number of anilines is 1. The fraction of sp³-hybridized carbons (Fsp3) is 0.214. The Kier molecular flexibility index (Phi) is 3.10. The lowest BCUT2D eigenvalue weighted by Crippen LogP contribution is -2.07. The van der Waals surface area contributed by atoms with Gasteiger partial charge in [0.1, 0.15) is 11.6 Å². The predicted molar refractivity (Wildman–Crippen MR) is 72.9 cm³/mol. The Balaban J connectivity index is 2.69. The molecule has 0 bridgehead atoms. The number of aromatic nitrogens is 1. The smallest absolute Gasteiger partial charge is 0.250 e. The average molecular weight is 244 g/mol. The van der Waals surface area contributed by atoms with Crippen molar-refractivity contribution in [2.75, 3.05) is 12.8 Å². The van der Waals surface area contributed by atoms with Gasteiger partial charge in [-0.1, -0.05) is 0 Å². The molecule has 3 N–H and O–H groups in total. The third-order valence-corrected chi connectivity index (χ3v) is 2.99. The molecular formula is C14H16N2O2. The fourth-order valence-corrected chi connectivity index (χ4v) is 1.90. The molecule has 4 heteroatoms. The molecule has 0 saturated carbocycles. The van der Waals surface area contributed by atoms with E-state index >= 15 is 0 Å². The number of hydrogen-bond donors (Lipinski definition) is 2. The summed E-state index contributed by atoms with van der Waals surface area (Å²) in [5.74, 6) is 1.08. The Morgan fingerprint density at radius 2 is 1.78 bits per heavy atom. The lowest BCUT2D eigenvalue weighted by molar-refractivity contribution is 0.416. The number of rotatable bonds is 2. The van der Waals surface area contributed by atoms with Crippen LogP contribution in [0.4, 0.5) is 5.82 Å². The summed E-state index contributed by atoms with van der Waals surface area (Å²) in [6, 6.07) is 7.21. The number of pyridine rings is 1. The molecule has 94 valence electrons. The Morgan fingerprint density at radius 3 is 2.39 bits per heavy atom. The number of H-pyrrole nitrogens is 1. The number of nitrogen functional groups attached to an aromatic ring is 1. The molecule has 0 fully saturated rings. The Morgan fingerprint density at radius 1 is 1.11 bits per heavy atom. The van der Waals surface area contributed by atoms with Gasteiger partial charge >= 0.3 is 0 Å². The van der Waals surface area contributed by atoms with E-state index in [4.69, 9.17) is 10.5 Å². The number of methoxy groups -OCH3 is 1. The van der Waals surface area contributed by atoms with Crippen LogP contribution >= 0.6 is 0 Å². The Bertz CT molecular complexity index is 645. The van der Waals surface area contributed by atoms with E-state index in [1.165, 1.54) is 6.07 Å². The van der Waals surface area contributed by atoms with E-state index in [9.17, 15) is 4.79 Å². The number of aromatic amines is 1. The van der Waals surface area contributed by atoms with Crippen LogP contribution in [-0.4, -0.2) is 12.1 Å². The summed E-state index contributed by atoms with van der Waals surface area (Å²) in [5.41, 5.74) is 9.37. The lowest BCUT2D eigenvalue weighted by Gasteiger charge is -2.12. The molecule has 0 aliphatic rings. The quantitative estimate of drug-likeness (QED) is 0.851. The summed E-state index contributed by atoms with van der Waals surface area (Å²) < 4.78 is 5.36. The van der Waals surface area contributed by atoms with Gasteiger partial charge in [-0.15, -0.1) is 0 Å². The highest BCUT2D eigenvalue weighted by Crippen LogP contribution is 2.32. The molecule has 0 aliphatic carbocycles. The van der Waals surface area contributed by atoms with Crippen LogP contribution < -0.4 is 16.0 Å². The first-order valence-corrected chi connectivity index (χ1v) is 5.66. The number of hydrogen-bond acceptors (Lipinski definition) is 3. The third-order valence-electron chi connectivity index (χ3n) is 2.99. The summed E-state index contributed by atoms with van der Waals surface area (Å²) in [7, 11) is 1.62. The van der Waals surface area contributed by atoms with Gasteiger partial charge in [0.2, 0.25) is 5.56 Å². The van der Waals surface area contributed by atoms with Gasteiger partial charge in [0.25, 0.3) is 0 Å². The maximum atomic E-state index is 11.5. The van der Waals surface area contributed by atoms with Gasteiger partial charge in [0, 0.05) is 11.6 Å². The minimum absolute atomic E-state index is 0.217. The SMILES string of the molecule is COc1cc(C)c(C)cc1-c1cc(N)[nH]c(=O)c1. The molecule has 0 radical (unpaired) electrons. The third kappa shape index (κ3) is 2.22. The zero-order valence-electron chi connectivity index (χ0n) is 10.7. The van der Waals surface area contributed by atoms with Crippen LogP contribution in [0, 0.1) is 13.8 Å². The topological polar surface area (TPSA) is 68.1 Å². The minimum atomic E-state index is -0.217. The standard InChI is InChI=1S/C14H16N2O2/c1-8-4-11(12(18-3)5-9(8)2)10-6-13(15)16-14(17)7-10/h4-7H,1-3H3,(H3,15,16,17). The van der Waals surface area contributed by atoms with Crippen LogP contribution in [0.2, 0.25) is 0 Å². The maximum Gasteiger partial charge on any atom is 0.250 e. The summed E-state index contributed by atoms with van der Waals surface area (Å²) in [6.45, 7) is 4.04. The molecule has 18 heavy (non-hydrogen) atoms. The summed E-state index contributed by atoms with van der Waals surface area (Å²) >= 11 is 0. The molecule has 0 aliphatic heterocycles. The average Bonchev–Trinajstić information content (AvgIpc) is 2.30. The first-order chi connectivity index (χ1) is 8.51. The second kappa shape index (κ2) is 4.56. The molecule has 4 nitrogen and oxygen atoms in total. The van der Waals surface area contributed by atoms with Crippen molar-refractivity contribution in [2.45, 2.75) is 13.8 Å². The van der Waals surface area contributed by atoms with E-state index in [-0.39, 0.29) is 5.56 Å². The first-order valence-electron chi connectivity index (χ1n) is 5.66. The van der Waals surface area contributed by atoms with Crippen LogP contribution in [-0.2, 0) is 0 Å². The van der Waals surface area contributed by atoms with Gasteiger partial charge in [-0.25, -0.2) is 0 Å².